The number of ether oxygens (including phenoxy) is 1. The molecule has 1 heterocycles. The standard InChI is InChI=1S/C16H21NO3/c18-16(19)9-8-14-6-1-2-7-15(14)20-13-5-12-17-10-3-4-11-17/h1-2,6-9H,3-5,10-13H2,(H,18,19). The predicted octanol–water partition coefficient (Wildman–Crippen LogP) is 2.65. The van der Waals surface area contributed by atoms with Crippen LogP contribution in [0.25, 0.3) is 6.08 Å². The molecule has 20 heavy (non-hydrogen) atoms. The maximum atomic E-state index is 10.6. The fourth-order valence-corrected chi connectivity index (χ4v) is 2.39. The Kier molecular flexibility index (Phi) is 5.62. The largest absolute Gasteiger partial charge is 0.493 e. The van der Waals surface area contributed by atoms with Crippen LogP contribution in [0.3, 0.4) is 0 Å². The minimum Gasteiger partial charge on any atom is -0.493 e. The van der Waals surface area contributed by atoms with Crippen molar-refractivity contribution in [2.24, 2.45) is 0 Å². The van der Waals surface area contributed by atoms with Crippen molar-refractivity contribution in [2.75, 3.05) is 26.2 Å². The molecule has 0 spiro atoms. The first kappa shape index (κ1) is 14.6. The molecule has 1 saturated heterocycles. The number of carbonyl (C=O) groups is 1. The topological polar surface area (TPSA) is 49.8 Å². The SMILES string of the molecule is O=C(O)C=Cc1ccccc1OCCCN1CCCC1. The summed E-state index contributed by atoms with van der Waals surface area (Å²) in [6, 6.07) is 7.50. The summed E-state index contributed by atoms with van der Waals surface area (Å²) in [5.41, 5.74) is 0.802. The highest BCUT2D eigenvalue weighted by molar-refractivity contribution is 5.85. The van der Waals surface area contributed by atoms with Gasteiger partial charge >= 0.3 is 5.97 Å². The zero-order chi connectivity index (χ0) is 14.2. The molecule has 1 aromatic rings. The van der Waals surface area contributed by atoms with Crippen molar-refractivity contribution < 1.29 is 14.6 Å². The number of nitrogens with zero attached hydrogens (tertiary/aromatic N) is 1. The number of likely N-dealkylation sites (tertiary alicyclic amines) is 1. The number of carboxylic acids is 1. The van der Waals surface area contributed by atoms with Gasteiger partial charge in [0.1, 0.15) is 5.75 Å². The van der Waals surface area contributed by atoms with Gasteiger partial charge in [0.15, 0.2) is 0 Å². The van der Waals surface area contributed by atoms with E-state index in [1.165, 1.54) is 25.9 Å². The van der Waals surface area contributed by atoms with Crippen LogP contribution >= 0.6 is 0 Å². The van der Waals surface area contributed by atoms with Gasteiger partial charge < -0.3 is 14.7 Å². The molecule has 1 N–H and O–H groups in total. The predicted molar refractivity (Wildman–Crippen MR) is 78.9 cm³/mol. The van der Waals surface area contributed by atoms with Crippen LogP contribution in [-0.2, 0) is 4.79 Å². The van der Waals surface area contributed by atoms with Crippen molar-refractivity contribution >= 4 is 12.0 Å². The Bertz CT molecular complexity index is 465. The van der Waals surface area contributed by atoms with Crippen molar-refractivity contribution in [1.29, 1.82) is 0 Å². The molecule has 1 aliphatic heterocycles. The molecule has 0 amide bonds. The van der Waals surface area contributed by atoms with Gasteiger partial charge in [-0.2, -0.15) is 0 Å². The van der Waals surface area contributed by atoms with Crippen LogP contribution < -0.4 is 4.74 Å². The molecule has 1 aromatic carbocycles. The molecule has 1 aliphatic rings. The van der Waals surface area contributed by atoms with Crippen molar-refractivity contribution in [3.63, 3.8) is 0 Å². The number of para-hydroxylation sites is 1. The van der Waals surface area contributed by atoms with Gasteiger partial charge in [0.05, 0.1) is 6.61 Å². The van der Waals surface area contributed by atoms with Crippen molar-refractivity contribution in [1.82, 2.24) is 4.90 Å². The van der Waals surface area contributed by atoms with Gasteiger partial charge in [0.2, 0.25) is 0 Å². The van der Waals surface area contributed by atoms with Gasteiger partial charge in [0, 0.05) is 18.2 Å². The van der Waals surface area contributed by atoms with Gasteiger partial charge in [-0.25, -0.2) is 4.79 Å². The summed E-state index contributed by atoms with van der Waals surface area (Å²) in [4.78, 5) is 13.0. The molecular weight excluding hydrogens is 254 g/mol. The van der Waals surface area contributed by atoms with Crippen LogP contribution in [0.1, 0.15) is 24.8 Å². The molecule has 1 fully saturated rings. The lowest BCUT2D eigenvalue weighted by Gasteiger charge is -2.15. The van der Waals surface area contributed by atoms with E-state index in [-0.39, 0.29) is 0 Å². The van der Waals surface area contributed by atoms with E-state index < -0.39 is 5.97 Å². The van der Waals surface area contributed by atoms with E-state index in [4.69, 9.17) is 9.84 Å². The average molecular weight is 275 g/mol. The molecule has 4 heteroatoms. The highest BCUT2D eigenvalue weighted by Crippen LogP contribution is 2.19. The van der Waals surface area contributed by atoms with E-state index in [0.29, 0.717) is 6.61 Å². The number of hydrogen-bond donors (Lipinski definition) is 1. The third-order valence-electron chi connectivity index (χ3n) is 3.40. The lowest BCUT2D eigenvalue weighted by Crippen LogP contribution is -2.21. The van der Waals surface area contributed by atoms with Crippen molar-refractivity contribution in [3.05, 3.63) is 35.9 Å². The van der Waals surface area contributed by atoms with E-state index in [0.717, 1.165) is 30.4 Å². The molecule has 4 nitrogen and oxygen atoms in total. The molecule has 0 bridgehead atoms. The summed E-state index contributed by atoms with van der Waals surface area (Å²) in [5.74, 6) is -0.208. The van der Waals surface area contributed by atoms with Crippen molar-refractivity contribution in [2.45, 2.75) is 19.3 Å². The average Bonchev–Trinajstić information content (AvgIpc) is 2.95. The molecule has 0 aromatic heterocycles. The summed E-state index contributed by atoms with van der Waals surface area (Å²) in [6.45, 7) is 4.15. The number of benzene rings is 1. The second kappa shape index (κ2) is 7.70. The van der Waals surface area contributed by atoms with Gasteiger partial charge in [-0.1, -0.05) is 18.2 Å². The van der Waals surface area contributed by atoms with Crippen molar-refractivity contribution in [3.8, 4) is 5.75 Å². The third kappa shape index (κ3) is 4.70. The van der Waals surface area contributed by atoms with Crippen LogP contribution in [0, 0.1) is 0 Å². The van der Waals surface area contributed by atoms with E-state index in [1.54, 1.807) is 6.08 Å². The minimum atomic E-state index is -0.950. The normalized spacial score (nSPS) is 15.8. The number of aliphatic carboxylic acids is 1. The second-order valence-corrected chi connectivity index (χ2v) is 4.96. The first-order chi connectivity index (χ1) is 9.75. The highest BCUT2D eigenvalue weighted by Gasteiger charge is 2.10. The van der Waals surface area contributed by atoms with Crippen LogP contribution in [0.15, 0.2) is 30.3 Å². The lowest BCUT2D eigenvalue weighted by atomic mass is 10.2. The smallest absolute Gasteiger partial charge is 0.328 e. The fourth-order valence-electron chi connectivity index (χ4n) is 2.39. The van der Waals surface area contributed by atoms with E-state index in [1.807, 2.05) is 24.3 Å². The molecular formula is C16H21NO3. The van der Waals surface area contributed by atoms with Crippen LogP contribution in [0.5, 0.6) is 5.75 Å². The quantitative estimate of drug-likeness (QED) is 0.614. The van der Waals surface area contributed by atoms with E-state index in [2.05, 4.69) is 4.90 Å². The maximum Gasteiger partial charge on any atom is 0.328 e. The highest BCUT2D eigenvalue weighted by atomic mass is 16.5. The first-order valence-electron chi connectivity index (χ1n) is 7.11. The van der Waals surface area contributed by atoms with Gasteiger partial charge in [0.25, 0.3) is 0 Å². The summed E-state index contributed by atoms with van der Waals surface area (Å²) in [5, 5.41) is 8.67. The molecule has 2 rings (SSSR count). The lowest BCUT2D eigenvalue weighted by molar-refractivity contribution is -0.131. The summed E-state index contributed by atoms with van der Waals surface area (Å²) >= 11 is 0. The summed E-state index contributed by atoms with van der Waals surface area (Å²) in [7, 11) is 0. The minimum absolute atomic E-state index is 0.661. The zero-order valence-electron chi connectivity index (χ0n) is 11.6. The maximum absolute atomic E-state index is 10.6. The third-order valence-corrected chi connectivity index (χ3v) is 3.40. The molecule has 0 atom stereocenters. The number of rotatable bonds is 7. The second-order valence-electron chi connectivity index (χ2n) is 4.96. The Morgan fingerprint density at radius 3 is 2.80 bits per heavy atom. The number of hydrogen-bond acceptors (Lipinski definition) is 3. The van der Waals surface area contributed by atoms with Gasteiger partial charge in [-0.15, -0.1) is 0 Å². The number of carboxylic acid groups (broad SMARTS) is 1. The monoisotopic (exact) mass is 275 g/mol. The fraction of sp³-hybridized carbons (Fsp3) is 0.438. The molecule has 0 saturated carbocycles. The van der Waals surface area contributed by atoms with E-state index >= 15 is 0 Å². The molecule has 0 radical (unpaired) electrons. The van der Waals surface area contributed by atoms with Crippen LogP contribution in [0.2, 0.25) is 0 Å². The van der Waals surface area contributed by atoms with Gasteiger partial charge in [-0.05, 0) is 44.5 Å². The molecule has 0 aliphatic carbocycles. The Balaban J connectivity index is 1.80. The van der Waals surface area contributed by atoms with Gasteiger partial charge in [-0.3, -0.25) is 0 Å². The first-order valence-corrected chi connectivity index (χ1v) is 7.11. The van der Waals surface area contributed by atoms with Crippen LogP contribution in [-0.4, -0.2) is 42.2 Å². The Hall–Kier alpha value is -1.81. The molecule has 0 unspecified atom stereocenters. The van der Waals surface area contributed by atoms with Crippen LogP contribution in [0.4, 0.5) is 0 Å². The summed E-state index contributed by atoms with van der Waals surface area (Å²) < 4.78 is 5.76. The Labute approximate surface area is 119 Å². The zero-order valence-corrected chi connectivity index (χ0v) is 11.6. The van der Waals surface area contributed by atoms with E-state index in [9.17, 15) is 4.79 Å². The summed E-state index contributed by atoms with van der Waals surface area (Å²) in [6.07, 6.45) is 6.31. The Morgan fingerprint density at radius 2 is 2.05 bits per heavy atom. The molecule has 108 valence electrons. The Morgan fingerprint density at radius 1 is 1.30 bits per heavy atom.